The summed E-state index contributed by atoms with van der Waals surface area (Å²) in [4.78, 5) is 47.1. The molecule has 2 aromatic rings. The summed E-state index contributed by atoms with van der Waals surface area (Å²) in [6.45, 7) is -0.362. The summed E-state index contributed by atoms with van der Waals surface area (Å²) in [7, 11) is 0. The highest BCUT2D eigenvalue weighted by Gasteiger charge is 2.35. The average Bonchev–Trinajstić information content (AvgIpc) is 3.43. The summed E-state index contributed by atoms with van der Waals surface area (Å²) < 4.78 is 10.4. The summed E-state index contributed by atoms with van der Waals surface area (Å²) in [6, 6.07) is 15.3. The van der Waals surface area contributed by atoms with Crippen LogP contribution >= 0.6 is 0 Å². The minimum atomic E-state index is -1.15. The fourth-order valence-corrected chi connectivity index (χ4v) is 4.28. The lowest BCUT2D eigenvalue weighted by molar-refractivity contribution is -0.148. The maximum Gasteiger partial charge on any atom is 0.407 e. The first-order valence-corrected chi connectivity index (χ1v) is 10.9. The van der Waals surface area contributed by atoms with E-state index in [4.69, 9.17) is 14.6 Å². The number of carboxylic acid groups (broad SMARTS) is 1. The Bertz CT molecular complexity index is 1060. The van der Waals surface area contributed by atoms with E-state index in [0.29, 0.717) is 6.42 Å². The molecule has 1 saturated heterocycles. The van der Waals surface area contributed by atoms with E-state index in [-0.39, 0.29) is 32.2 Å². The van der Waals surface area contributed by atoms with Gasteiger partial charge in [-0.2, -0.15) is 0 Å². The molecule has 10 nitrogen and oxygen atoms in total. The molecule has 4 rings (SSSR count). The van der Waals surface area contributed by atoms with E-state index in [1.54, 1.807) is 0 Å². The fourth-order valence-electron chi connectivity index (χ4n) is 4.28. The minimum absolute atomic E-state index is 0.0927. The van der Waals surface area contributed by atoms with Crippen LogP contribution in [0.15, 0.2) is 48.5 Å². The molecule has 2 aliphatic rings. The number of nitrogens with one attached hydrogen (secondary N) is 3. The third-order valence-corrected chi connectivity index (χ3v) is 5.86. The van der Waals surface area contributed by atoms with Crippen molar-refractivity contribution < 1.29 is 33.8 Å². The first-order chi connectivity index (χ1) is 16.4. The van der Waals surface area contributed by atoms with Crippen molar-refractivity contribution in [3.63, 3.8) is 0 Å². The number of hydrogen-bond acceptors (Lipinski definition) is 6. The van der Waals surface area contributed by atoms with Crippen LogP contribution in [-0.2, 0) is 23.9 Å². The van der Waals surface area contributed by atoms with Crippen LogP contribution in [0, 0.1) is 0 Å². The van der Waals surface area contributed by atoms with Gasteiger partial charge in [0.1, 0.15) is 13.2 Å². The molecule has 1 aliphatic heterocycles. The fraction of sp³-hybridized carbons (Fsp3) is 0.333. The van der Waals surface area contributed by atoms with Gasteiger partial charge in [-0.3, -0.25) is 9.59 Å². The molecule has 0 saturated carbocycles. The zero-order valence-electron chi connectivity index (χ0n) is 18.3. The number of aliphatic carboxylic acids is 1. The van der Waals surface area contributed by atoms with Gasteiger partial charge in [0, 0.05) is 12.5 Å². The molecule has 0 radical (unpaired) electrons. The molecule has 2 aromatic carbocycles. The highest BCUT2D eigenvalue weighted by molar-refractivity contribution is 5.87. The van der Waals surface area contributed by atoms with Gasteiger partial charge in [-0.15, -0.1) is 0 Å². The summed E-state index contributed by atoms with van der Waals surface area (Å²) in [6.07, 6.45) is -1.47. The molecule has 0 unspecified atom stereocenters. The maximum atomic E-state index is 12.1. The van der Waals surface area contributed by atoms with E-state index in [1.807, 2.05) is 48.5 Å². The lowest BCUT2D eigenvalue weighted by atomic mass is 9.98. The van der Waals surface area contributed by atoms with Crippen LogP contribution in [0.25, 0.3) is 11.1 Å². The number of amides is 3. The molecular weight excluding hydrogens is 442 g/mol. The van der Waals surface area contributed by atoms with E-state index >= 15 is 0 Å². The van der Waals surface area contributed by atoms with Crippen LogP contribution in [0.4, 0.5) is 4.79 Å². The number of carboxylic acids is 1. The van der Waals surface area contributed by atoms with Crippen molar-refractivity contribution in [2.75, 3.05) is 26.3 Å². The molecule has 178 valence electrons. The number of alkyl carbamates (subject to hydrolysis) is 1. The van der Waals surface area contributed by atoms with Gasteiger partial charge in [0.25, 0.3) is 0 Å². The van der Waals surface area contributed by atoms with Crippen LogP contribution in [0.3, 0.4) is 0 Å². The van der Waals surface area contributed by atoms with Crippen LogP contribution in [0.5, 0.6) is 0 Å². The van der Waals surface area contributed by atoms with Gasteiger partial charge in [0.2, 0.25) is 11.8 Å². The van der Waals surface area contributed by atoms with E-state index in [0.717, 1.165) is 22.3 Å². The van der Waals surface area contributed by atoms with Crippen molar-refractivity contribution in [2.24, 2.45) is 0 Å². The first-order valence-electron chi connectivity index (χ1n) is 10.9. The number of benzene rings is 2. The predicted octanol–water partition coefficient (Wildman–Crippen LogP) is 1.000. The van der Waals surface area contributed by atoms with Crippen molar-refractivity contribution in [3.8, 4) is 11.1 Å². The molecule has 2 atom stereocenters. The Balaban J connectivity index is 1.19. The number of carbonyl (C=O) groups excluding carboxylic acids is 3. The summed E-state index contributed by atoms with van der Waals surface area (Å²) >= 11 is 0. The monoisotopic (exact) mass is 467 g/mol. The topological polar surface area (TPSA) is 143 Å². The Labute approximate surface area is 195 Å². The predicted molar refractivity (Wildman–Crippen MR) is 120 cm³/mol. The third-order valence-electron chi connectivity index (χ3n) is 5.86. The van der Waals surface area contributed by atoms with Crippen molar-refractivity contribution in [1.29, 1.82) is 0 Å². The summed E-state index contributed by atoms with van der Waals surface area (Å²) in [5.41, 5.74) is 4.39. The van der Waals surface area contributed by atoms with Crippen molar-refractivity contribution in [3.05, 3.63) is 59.7 Å². The minimum Gasteiger partial charge on any atom is -0.479 e. The quantitative estimate of drug-likeness (QED) is 0.454. The van der Waals surface area contributed by atoms with Gasteiger partial charge < -0.3 is 30.5 Å². The highest BCUT2D eigenvalue weighted by atomic mass is 16.5. The lowest BCUT2D eigenvalue weighted by Gasteiger charge is -2.16. The third kappa shape index (κ3) is 5.18. The largest absolute Gasteiger partial charge is 0.479 e. The number of carbonyl (C=O) groups is 4. The Morgan fingerprint density at radius 1 is 0.912 bits per heavy atom. The standard InChI is InChI=1S/C24H25N3O7/c28-20(25-12-21(29)27-19-9-10-33-22(19)23(30)31)11-26-24(32)34-13-18-16-7-3-1-5-14(16)15-6-2-4-8-17(15)18/h1-8,18-19,22H,9-13H2,(H,25,28)(H,26,32)(H,27,29)(H,30,31)/t19-,22+/m0/s1. The second-order valence-corrected chi connectivity index (χ2v) is 8.05. The Morgan fingerprint density at radius 2 is 1.53 bits per heavy atom. The molecule has 1 aliphatic carbocycles. The molecule has 3 amide bonds. The smallest absolute Gasteiger partial charge is 0.407 e. The van der Waals surface area contributed by atoms with Crippen LogP contribution in [0.2, 0.25) is 0 Å². The highest BCUT2D eigenvalue weighted by Crippen LogP contribution is 2.44. The molecule has 0 spiro atoms. The molecule has 34 heavy (non-hydrogen) atoms. The molecule has 0 bridgehead atoms. The maximum absolute atomic E-state index is 12.1. The SMILES string of the molecule is O=C(CNC(=O)OCC1c2ccccc2-c2ccccc21)NCC(=O)N[C@H]1CCO[C@H]1C(=O)O. The lowest BCUT2D eigenvalue weighted by Crippen LogP contribution is -2.48. The van der Waals surface area contributed by atoms with Gasteiger partial charge in [-0.25, -0.2) is 9.59 Å². The van der Waals surface area contributed by atoms with Crippen LogP contribution in [-0.4, -0.2) is 67.4 Å². The summed E-state index contributed by atoms with van der Waals surface area (Å²) in [5, 5.41) is 16.3. The molecular formula is C24H25N3O7. The number of rotatable bonds is 8. The normalized spacial score (nSPS) is 18.5. The zero-order valence-corrected chi connectivity index (χ0v) is 18.3. The molecule has 1 fully saturated rings. The number of fused-ring (bicyclic) bond motifs is 3. The van der Waals surface area contributed by atoms with Gasteiger partial charge in [-0.1, -0.05) is 48.5 Å². The van der Waals surface area contributed by atoms with Crippen LogP contribution in [0.1, 0.15) is 23.5 Å². The van der Waals surface area contributed by atoms with Gasteiger partial charge in [-0.05, 0) is 28.7 Å². The Hall–Kier alpha value is -3.92. The van der Waals surface area contributed by atoms with E-state index in [2.05, 4.69) is 16.0 Å². The molecule has 0 aromatic heterocycles. The van der Waals surface area contributed by atoms with Gasteiger partial charge in [0.15, 0.2) is 6.10 Å². The van der Waals surface area contributed by atoms with Crippen LogP contribution < -0.4 is 16.0 Å². The zero-order chi connectivity index (χ0) is 24.1. The van der Waals surface area contributed by atoms with Crippen molar-refractivity contribution in [1.82, 2.24) is 16.0 Å². The van der Waals surface area contributed by atoms with E-state index < -0.39 is 36.0 Å². The first kappa shape index (κ1) is 23.2. The second kappa shape index (κ2) is 10.3. The summed E-state index contributed by atoms with van der Waals surface area (Å²) in [5.74, 6) is -2.37. The van der Waals surface area contributed by atoms with E-state index in [9.17, 15) is 19.2 Å². The molecule has 1 heterocycles. The molecule has 10 heteroatoms. The molecule has 4 N–H and O–H groups in total. The Kier molecular flexibility index (Phi) is 7.07. The Morgan fingerprint density at radius 3 is 2.18 bits per heavy atom. The average molecular weight is 467 g/mol. The van der Waals surface area contributed by atoms with Gasteiger partial charge in [0.05, 0.1) is 12.6 Å². The number of hydrogen-bond donors (Lipinski definition) is 4. The van der Waals surface area contributed by atoms with Gasteiger partial charge >= 0.3 is 12.1 Å². The second-order valence-electron chi connectivity index (χ2n) is 8.05. The van der Waals surface area contributed by atoms with Crippen molar-refractivity contribution >= 4 is 23.9 Å². The van der Waals surface area contributed by atoms with E-state index in [1.165, 1.54) is 0 Å². The van der Waals surface area contributed by atoms with Crippen molar-refractivity contribution in [2.45, 2.75) is 24.5 Å². The number of ether oxygens (including phenoxy) is 2.